The summed E-state index contributed by atoms with van der Waals surface area (Å²) in [5.41, 5.74) is 2.69. The fraction of sp³-hybridized carbons (Fsp3) is 0.214. The molecule has 0 heterocycles. The van der Waals surface area contributed by atoms with Gasteiger partial charge in [0.2, 0.25) is 5.91 Å². The van der Waals surface area contributed by atoms with Crippen LogP contribution in [-0.4, -0.2) is 24.9 Å². The predicted octanol–water partition coefficient (Wildman–Crippen LogP) is 2.73. The first-order valence-corrected chi connectivity index (χ1v) is 5.40. The summed E-state index contributed by atoms with van der Waals surface area (Å²) >= 11 is 0. The number of nitrogens with one attached hydrogen (secondary N) is 1. The van der Waals surface area contributed by atoms with Gasteiger partial charge < -0.3 is 10.2 Å². The zero-order valence-electron chi connectivity index (χ0n) is 10.5. The molecule has 1 amide bonds. The lowest BCUT2D eigenvalue weighted by Gasteiger charge is -2.07. The molecule has 1 rings (SSSR count). The molecular weight excluding hydrogens is 212 g/mol. The minimum absolute atomic E-state index is 0.0726. The first kappa shape index (κ1) is 13.0. The van der Waals surface area contributed by atoms with Crippen LogP contribution >= 0.6 is 0 Å². The number of benzene rings is 1. The van der Waals surface area contributed by atoms with E-state index in [1.165, 1.54) is 6.92 Å². The van der Waals surface area contributed by atoms with Crippen LogP contribution in [0, 0.1) is 0 Å². The van der Waals surface area contributed by atoms with E-state index in [2.05, 4.69) is 11.9 Å². The maximum atomic E-state index is 11.0. The van der Waals surface area contributed by atoms with Gasteiger partial charge in [-0.25, -0.2) is 0 Å². The van der Waals surface area contributed by atoms with Gasteiger partial charge in [0.15, 0.2) is 0 Å². The molecule has 3 nitrogen and oxygen atoms in total. The number of nitrogens with zero attached hydrogens (tertiary/aromatic N) is 1. The molecule has 0 aliphatic carbocycles. The zero-order chi connectivity index (χ0) is 12.8. The number of amides is 1. The molecule has 0 aromatic heterocycles. The van der Waals surface area contributed by atoms with Gasteiger partial charge in [-0.2, -0.15) is 0 Å². The fourth-order valence-corrected chi connectivity index (χ4v) is 1.34. The smallest absolute Gasteiger partial charge is 0.221 e. The van der Waals surface area contributed by atoms with Crippen molar-refractivity contribution in [1.82, 2.24) is 4.90 Å². The number of hydrogen-bond donors (Lipinski definition) is 1. The number of carbonyl (C=O) groups is 1. The Bertz CT molecular complexity index is 447. The van der Waals surface area contributed by atoms with Crippen molar-refractivity contribution in [2.45, 2.75) is 6.92 Å². The average molecular weight is 230 g/mol. The predicted molar refractivity (Wildman–Crippen MR) is 72.6 cm³/mol. The monoisotopic (exact) mass is 230 g/mol. The maximum absolute atomic E-state index is 11.0. The highest BCUT2D eigenvalue weighted by Gasteiger charge is 1.99. The van der Waals surface area contributed by atoms with Gasteiger partial charge in [0.1, 0.15) is 0 Å². The fourth-order valence-electron chi connectivity index (χ4n) is 1.34. The van der Waals surface area contributed by atoms with E-state index >= 15 is 0 Å². The summed E-state index contributed by atoms with van der Waals surface area (Å²) in [7, 11) is 3.91. The molecule has 0 atom stereocenters. The van der Waals surface area contributed by atoms with Gasteiger partial charge in [-0.3, -0.25) is 4.79 Å². The van der Waals surface area contributed by atoms with Crippen LogP contribution in [0.3, 0.4) is 0 Å². The second-order valence-corrected chi connectivity index (χ2v) is 4.07. The normalized spacial score (nSPS) is 10.3. The summed E-state index contributed by atoms with van der Waals surface area (Å²) in [4.78, 5) is 12.9. The number of hydrogen-bond acceptors (Lipinski definition) is 2. The molecule has 1 aromatic rings. The minimum Gasteiger partial charge on any atom is -0.383 e. The molecule has 0 aliphatic heterocycles. The Kier molecular flexibility index (Phi) is 4.52. The number of anilines is 1. The summed E-state index contributed by atoms with van der Waals surface area (Å²) in [6, 6.07) is 7.63. The third kappa shape index (κ3) is 4.55. The molecule has 1 aromatic carbocycles. The maximum Gasteiger partial charge on any atom is 0.221 e. The molecule has 0 bridgehead atoms. The van der Waals surface area contributed by atoms with E-state index in [1.807, 2.05) is 55.5 Å². The number of allylic oxidation sites excluding steroid dienone is 2. The van der Waals surface area contributed by atoms with Gasteiger partial charge in [-0.05, 0) is 35.5 Å². The van der Waals surface area contributed by atoms with Gasteiger partial charge >= 0.3 is 0 Å². The van der Waals surface area contributed by atoms with E-state index in [0.29, 0.717) is 0 Å². The van der Waals surface area contributed by atoms with Crippen molar-refractivity contribution in [1.29, 1.82) is 0 Å². The SMILES string of the molecule is C=C(/C=C/N(C)C)c1cccc(NC(C)=O)c1. The van der Waals surface area contributed by atoms with E-state index in [1.54, 1.807) is 0 Å². The van der Waals surface area contributed by atoms with Crippen molar-refractivity contribution in [3.63, 3.8) is 0 Å². The van der Waals surface area contributed by atoms with Crippen molar-refractivity contribution in [2.75, 3.05) is 19.4 Å². The molecule has 17 heavy (non-hydrogen) atoms. The highest BCUT2D eigenvalue weighted by atomic mass is 16.1. The first-order chi connectivity index (χ1) is 7.99. The second kappa shape index (κ2) is 5.89. The molecule has 3 heteroatoms. The lowest BCUT2D eigenvalue weighted by Crippen LogP contribution is -2.05. The molecule has 0 saturated heterocycles. The van der Waals surface area contributed by atoms with Gasteiger partial charge in [-0.15, -0.1) is 0 Å². The zero-order valence-corrected chi connectivity index (χ0v) is 10.5. The molecule has 90 valence electrons. The van der Waals surface area contributed by atoms with Crippen LogP contribution in [-0.2, 0) is 4.79 Å². The lowest BCUT2D eigenvalue weighted by molar-refractivity contribution is -0.114. The van der Waals surface area contributed by atoms with E-state index in [-0.39, 0.29) is 5.91 Å². The quantitative estimate of drug-likeness (QED) is 0.807. The Morgan fingerprint density at radius 1 is 1.41 bits per heavy atom. The van der Waals surface area contributed by atoms with E-state index in [9.17, 15) is 4.79 Å². The van der Waals surface area contributed by atoms with Gasteiger partial charge in [-0.1, -0.05) is 18.7 Å². The standard InChI is InChI=1S/C14H18N2O/c1-11(8-9-16(3)4)13-6-5-7-14(10-13)15-12(2)17/h5-10H,1H2,2-4H3,(H,15,17)/b9-8+. The van der Waals surface area contributed by atoms with Gasteiger partial charge in [0, 0.05) is 26.7 Å². The van der Waals surface area contributed by atoms with Crippen LogP contribution < -0.4 is 5.32 Å². The van der Waals surface area contributed by atoms with Gasteiger partial charge in [0.05, 0.1) is 0 Å². The third-order valence-corrected chi connectivity index (χ3v) is 2.13. The summed E-state index contributed by atoms with van der Waals surface area (Å²) in [6.45, 7) is 5.48. The lowest BCUT2D eigenvalue weighted by atomic mass is 10.1. The van der Waals surface area contributed by atoms with Gasteiger partial charge in [0.25, 0.3) is 0 Å². The molecule has 0 fully saturated rings. The average Bonchev–Trinajstić information content (AvgIpc) is 2.25. The van der Waals surface area contributed by atoms with Crippen molar-refractivity contribution in [3.8, 4) is 0 Å². The van der Waals surface area contributed by atoms with Crippen molar-refractivity contribution in [3.05, 3.63) is 48.7 Å². The Morgan fingerprint density at radius 2 is 2.12 bits per heavy atom. The van der Waals surface area contributed by atoms with Crippen LogP contribution in [0.1, 0.15) is 12.5 Å². The van der Waals surface area contributed by atoms with E-state index < -0.39 is 0 Å². The largest absolute Gasteiger partial charge is 0.383 e. The summed E-state index contributed by atoms with van der Waals surface area (Å²) < 4.78 is 0. The highest BCUT2D eigenvalue weighted by Crippen LogP contribution is 2.18. The highest BCUT2D eigenvalue weighted by molar-refractivity contribution is 5.89. The van der Waals surface area contributed by atoms with Crippen molar-refractivity contribution < 1.29 is 4.79 Å². The molecule has 0 aliphatic rings. The van der Waals surface area contributed by atoms with E-state index in [4.69, 9.17) is 0 Å². The Morgan fingerprint density at radius 3 is 2.71 bits per heavy atom. The van der Waals surface area contributed by atoms with E-state index in [0.717, 1.165) is 16.8 Å². The third-order valence-electron chi connectivity index (χ3n) is 2.13. The van der Waals surface area contributed by atoms with Crippen LogP contribution in [0.5, 0.6) is 0 Å². The number of carbonyl (C=O) groups excluding carboxylic acids is 1. The summed E-state index contributed by atoms with van der Waals surface area (Å²) in [6.07, 6.45) is 3.88. The number of rotatable bonds is 4. The Balaban J connectivity index is 2.84. The Labute approximate surface area is 102 Å². The molecule has 0 radical (unpaired) electrons. The molecule has 1 N–H and O–H groups in total. The topological polar surface area (TPSA) is 32.3 Å². The second-order valence-electron chi connectivity index (χ2n) is 4.07. The minimum atomic E-state index is -0.0726. The van der Waals surface area contributed by atoms with Crippen molar-refractivity contribution >= 4 is 17.2 Å². The first-order valence-electron chi connectivity index (χ1n) is 5.40. The van der Waals surface area contributed by atoms with Crippen LogP contribution in [0.25, 0.3) is 5.57 Å². The Hall–Kier alpha value is -2.03. The summed E-state index contributed by atoms with van der Waals surface area (Å²) in [5.74, 6) is -0.0726. The van der Waals surface area contributed by atoms with Crippen LogP contribution in [0.2, 0.25) is 0 Å². The van der Waals surface area contributed by atoms with Crippen LogP contribution in [0.4, 0.5) is 5.69 Å². The molecule has 0 saturated carbocycles. The van der Waals surface area contributed by atoms with Crippen LogP contribution in [0.15, 0.2) is 43.1 Å². The summed E-state index contributed by atoms with van der Waals surface area (Å²) in [5, 5.41) is 2.75. The molecule has 0 spiro atoms. The van der Waals surface area contributed by atoms with Crippen molar-refractivity contribution in [2.24, 2.45) is 0 Å². The molecular formula is C14H18N2O. The molecule has 0 unspecified atom stereocenters.